The summed E-state index contributed by atoms with van der Waals surface area (Å²) in [7, 11) is 0. The van der Waals surface area contributed by atoms with Crippen molar-refractivity contribution in [1.82, 2.24) is 4.98 Å². The molecule has 0 aliphatic carbocycles. The lowest BCUT2D eigenvalue weighted by Crippen LogP contribution is -2.07. The first-order chi connectivity index (χ1) is 10.2. The molecular weight excluding hydrogens is 260 g/mol. The van der Waals surface area contributed by atoms with E-state index < -0.39 is 0 Å². The summed E-state index contributed by atoms with van der Waals surface area (Å²) in [6.07, 6.45) is 2.18. The smallest absolute Gasteiger partial charge is 0.132 e. The van der Waals surface area contributed by atoms with Crippen LogP contribution in [-0.2, 0) is 11.3 Å². The zero-order chi connectivity index (χ0) is 15.1. The molecule has 0 unspecified atom stereocenters. The van der Waals surface area contributed by atoms with E-state index in [1.54, 1.807) is 0 Å². The SMILES string of the molecule is CCCNc1nc2ccccc2cc1COCCC(C)C. The first kappa shape index (κ1) is 15.8. The topological polar surface area (TPSA) is 34.2 Å². The quantitative estimate of drug-likeness (QED) is 0.719. The molecule has 1 N–H and O–H groups in total. The molecule has 0 saturated heterocycles. The van der Waals surface area contributed by atoms with Gasteiger partial charge in [-0.3, -0.25) is 0 Å². The second-order valence-electron chi connectivity index (χ2n) is 5.85. The van der Waals surface area contributed by atoms with Gasteiger partial charge in [0.05, 0.1) is 12.1 Å². The van der Waals surface area contributed by atoms with Crippen molar-refractivity contribution in [2.75, 3.05) is 18.5 Å². The van der Waals surface area contributed by atoms with Gasteiger partial charge in [-0.15, -0.1) is 0 Å². The lowest BCUT2D eigenvalue weighted by atomic mass is 10.1. The number of ether oxygens (including phenoxy) is 1. The van der Waals surface area contributed by atoms with E-state index in [0.29, 0.717) is 12.5 Å². The van der Waals surface area contributed by atoms with E-state index in [4.69, 9.17) is 9.72 Å². The molecule has 114 valence electrons. The third-order valence-electron chi connectivity index (χ3n) is 3.44. The molecule has 2 rings (SSSR count). The number of benzene rings is 1. The van der Waals surface area contributed by atoms with E-state index in [1.165, 1.54) is 5.39 Å². The van der Waals surface area contributed by atoms with Crippen LogP contribution >= 0.6 is 0 Å². The van der Waals surface area contributed by atoms with E-state index in [2.05, 4.69) is 44.3 Å². The van der Waals surface area contributed by atoms with Crippen molar-refractivity contribution in [3.63, 3.8) is 0 Å². The van der Waals surface area contributed by atoms with Crippen molar-refractivity contribution in [1.29, 1.82) is 0 Å². The minimum Gasteiger partial charge on any atom is -0.377 e. The zero-order valence-corrected chi connectivity index (χ0v) is 13.4. The average Bonchev–Trinajstić information content (AvgIpc) is 2.49. The predicted octanol–water partition coefficient (Wildman–Crippen LogP) is 4.62. The number of rotatable bonds is 8. The van der Waals surface area contributed by atoms with E-state index in [0.717, 1.165) is 42.9 Å². The number of fused-ring (bicyclic) bond motifs is 1. The summed E-state index contributed by atoms with van der Waals surface area (Å²) in [4.78, 5) is 4.74. The summed E-state index contributed by atoms with van der Waals surface area (Å²) < 4.78 is 5.82. The summed E-state index contributed by atoms with van der Waals surface area (Å²) >= 11 is 0. The van der Waals surface area contributed by atoms with E-state index in [9.17, 15) is 0 Å². The maximum absolute atomic E-state index is 5.82. The number of anilines is 1. The molecule has 21 heavy (non-hydrogen) atoms. The summed E-state index contributed by atoms with van der Waals surface area (Å²) in [6.45, 7) is 8.95. The monoisotopic (exact) mass is 286 g/mol. The Bertz CT molecular complexity index is 566. The van der Waals surface area contributed by atoms with Crippen LogP contribution < -0.4 is 5.32 Å². The van der Waals surface area contributed by atoms with Gasteiger partial charge in [-0.2, -0.15) is 0 Å². The lowest BCUT2D eigenvalue weighted by molar-refractivity contribution is 0.111. The molecule has 0 aliphatic heterocycles. The van der Waals surface area contributed by atoms with Gasteiger partial charge in [0, 0.05) is 24.1 Å². The van der Waals surface area contributed by atoms with Crippen molar-refractivity contribution in [2.45, 2.75) is 40.2 Å². The second-order valence-corrected chi connectivity index (χ2v) is 5.85. The average molecular weight is 286 g/mol. The first-order valence-corrected chi connectivity index (χ1v) is 7.91. The maximum atomic E-state index is 5.82. The highest BCUT2D eigenvalue weighted by molar-refractivity contribution is 5.81. The molecular formula is C18H26N2O. The largest absolute Gasteiger partial charge is 0.377 e. The summed E-state index contributed by atoms with van der Waals surface area (Å²) in [5.41, 5.74) is 2.17. The molecule has 0 saturated carbocycles. The van der Waals surface area contributed by atoms with E-state index >= 15 is 0 Å². The Hall–Kier alpha value is -1.61. The van der Waals surface area contributed by atoms with E-state index in [-0.39, 0.29) is 0 Å². The van der Waals surface area contributed by atoms with Crippen molar-refractivity contribution >= 4 is 16.7 Å². The summed E-state index contributed by atoms with van der Waals surface area (Å²) in [5, 5.41) is 4.58. The normalized spacial score (nSPS) is 11.2. The van der Waals surface area contributed by atoms with Crippen LogP contribution in [-0.4, -0.2) is 18.1 Å². The van der Waals surface area contributed by atoms with Crippen molar-refractivity contribution in [3.05, 3.63) is 35.9 Å². The number of para-hydroxylation sites is 1. The summed E-state index contributed by atoms with van der Waals surface area (Å²) in [5.74, 6) is 1.64. The Morgan fingerprint density at radius 1 is 1.24 bits per heavy atom. The van der Waals surface area contributed by atoms with Gasteiger partial charge in [0.1, 0.15) is 5.82 Å². The molecule has 3 nitrogen and oxygen atoms in total. The van der Waals surface area contributed by atoms with Gasteiger partial charge < -0.3 is 10.1 Å². The molecule has 0 spiro atoms. The highest BCUT2D eigenvalue weighted by Crippen LogP contribution is 2.21. The van der Waals surface area contributed by atoms with E-state index in [1.807, 2.05) is 12.1 Å². The Balaban J connectivity index is 2.13. The summed E-state index contributed by atoms with van der Waals surface area (Å²) in [6, 6.07) is 10.4. The van der Waals surface area contributed by atoms with Crippen LogP contribution in [0, 0.1) is 5.92 Å². The standard InChI is InChI=1S/C18H26N2O/c1-4-10-19-18-16(13-21-11-9-14(2)3)12-15-7-5-6-8-17(15)20-18/h5-8,12,14H,4,9-11,13H2,1-3H3,(H,19,20). The highest BCUT2D eigenvalue weighted by atomic mass is 16.5. The Labute approximate surface area is 127 Å². The van der Waals surface area contributed by atoms with Crippen LogP contribution in [0.5, 0.6) is 0 Å². The number of hydrogen-bond acceptors (Lipinski definition) is 3. The molecule has 1 heterocycles. The number of nitrogens with one attached hydrogen (secondary N) is 1. The van der Waals surface area contributed by atoms with Crippen molar-refractivity contribution in [2.24, 2.45) is 5.92 Å². The molecule has 0 atom stereocenters. The molecule has 0 bridgehead atoms. The van der Waals surface area contributed by atoms with Crippen LogP contribution in [0.25, 0.3) is 10.9 Å². The van der Waals surface area contributed by atoms with Gasteiger partial charge in [0.25, 0.3) is 0 Å². The lowest BCUT2D eigenvalue weighted by Gasteiger charge is -2.13. The number of pyridine rings is 1. The molecule has 1 aromatic carbocycles. The van der Waals surface area contributed by atoms with Gasteiger partial charge in [-0.25, -0.2) is 4.98 Å². The molecule has 0 aliphatic rings. The molecule has 0 amide bonds. The van der Waals surface area contributed by atoms with Crippen LogP contribution in [0.3, 0.4) is 0 Å². The minimum absolute atomic E-state index is 0.622. The number of nitrogens with zero attached hydrogens (tertiary/aromatic N) is 1. The maximum Gasteiger partial charge on any atom is 0.132 e. The Kier molecular flexibility index (Phi) is 6.00. The number of aromatic nitrogens is 1. The molecule has 0 fully saturated rings. The third-order valence-corrected chi connectivity index (χ3v) is 3.44. The molecule has 2 aromatic rings. The van der Waals surface area contributed by atoms with Gasteiger partial charge in [-0.1, -0.05) is 39.0 Å². The fourth-order valence-electron chi connectivity index (χ4n) is 2.17. The van der Waals surface area contributed by atoms with Crippen LogP contribution in [0.2, 0.25) is 0 Å². The fourth-order valence-corrected chi connectivity index (χ4v) is 2.17. The molecule has 0 radical (unpaired) electrons. The van der Waals surface area contributed by atoms with Gasteiger partial charge in [0.2, 0.25) is 0 Å². The van der Waals surface area contributed by atoms with Crippen molar-refractivity contribution < 1.29 is 4.74 Å². The highest BCUT2D eigenvalue weighted by Gasteiger charge is 2.07. The second kappa shape index (κ2) is 7.99. The Morgan fingerprint density at radius 2 is 2.05 bits per heavy atom. The van der Waals surface area contributed by atoms with Crippen LogP contribution in [0.4, 0.5) is 5.82 Å². The van der Waals surface area contributed by atoms with Gasteiger partial charge in [0.15, 0.2) is 0 Å². The molecule has 3 heteroatoms. The van der Waals surface area contributed by atoms with Crippen LogP contribution in [0.1, 0.15) is 39.2 Å². The zero-order valence-electron chi connectivity index (χ0n) is 13.4. The fraction of sp³-hybridized carbons (Fsp3) is 0.500. The minimum atomic E-state index is 0.622. The van der Waals surface area contributed by atoms with Gasteiger partial charge >= 0.3 is 0 Å². The van der Waals surface area contributed by atoms with Gasteiger partial charge in [-0.05, 0) is 30.9 Å². The predicted molar refractivity (Wildman–Crippen MR) is 89.6 cm³/mol. The van der Waals surface area contributed by atoms with Crippen molar-refractivity contribution in [3.8, 4) is 0 Å². The first-order valence-electron chi connectivity index (χ1n) is 7.91. The number of hydrogen-bond donors (Lipinski definition) is 1. The van der Waals surface area contributed by atoms with Crippen LogP contribution in [0.15, 0.2) is 30.3 Å². The molecule has 1 aromatic heterocycles. The third kappa shape index (κ3) is 4.71. The Morgan fingerprint density at radius 3 is 2.81 bits per heavy atom.